The molecule has 19 heavy (non-hydrogen) atoms. The first kappa shape index (κ1) is 15.3. The molecule has 0 spiro atoms. The number of carbonyl (C=O) groups excluding carboxylic acids is 1. The van der Waals surface area contributed by atoms with Crippen molar-refractivity contribution in [2.45, 2.75) is 19.8 Å². The number of unbranched alkanes of at least 4 members (excludes halogenated alkanes) is 1. The number of carboxylic acids is 1. The maximum atomic E-state index is 11.4. The van der Waals surface area contributed by atoms with Gasteiger partial charge in [0.05, 0.1) is 0 Å². The van der Waals surface area contributed by atoms with E-state index in [0.29, 0.717) is 11.6 Å². The highest BCUT2D eigenvalue weighted by Crippen LogP contribution is 2.23. The molecule has 0 atom stereocenters. The summed E-state index contributed by atoms with van der Waals surface area (Å²) in [6.07, 6.45) is 1.88. The molecule has 104 valence electrons. The molecule has 0 radical (unpaired) electrons. The van der Waals surface area contributed by atoms with Gasteiger partial charge in [0, 0.05) is 11.6 Å². The normalized spacial score (nSPS) is 10.0. The SMILES string of the molecule is CCCCNC(=O)COc1cc(Cl)ccc1C(=O)O. The van der Waals surface area contributed by atoms with E-state index in [9.17, 15) is 9.59 Å². The average Bonchev–Trinajstić information content (AvgIpc) is 2.36. The quantitative estimate of drug-likeness (QED) is 0.754. The summed E-state index contributed by atoms with van der Waals surface area (Å²) in [7, 11) is 0. The van der Waals surface area contributed by atoms with Gasteiger partial charge in [0.1, 0.15) is 11.3 Å². The number of amides is 1. The number of halogens is 1. The van der Waals surface area contributed by atoms with Gasteiger partial charge in [-0.3, -0.25) is 4.79 Å². The van der Waals surface area contributed by atoms with Crippen LogP contribution < -0.4 is 10.1 Å². The van der Waals surface area contributed by atoms with E-state index in [-0.39, 0.29) is 23.8 Å². The van der Waals surface area contributed by atoms with Crippen LogP contribution in [0.5, 0.6) is 5.75 Å². The van der Waals surface area contributed by atoms with Crippen molar-refractivity contribution in [1.29, 1.82) is 0 Å². The van der Waals surface area contributed by atoms with Crippen molar-refractivity contribution in [3.8, 4) is 5.75 Å². The van der Waals surface area contributed by atoms with E-state index in [1.165, 1.54) is 18.2 Å². The summed E-state index contributed by atoms with van der Waals surface area (Å²) in [5.41, 5.74) is -0.0224. The average molecular weight is 286 g/mol. The predicted octanol–water partition coefficient (Wildman–Crippen LogP) is 2.33. The minimum absolute atomic E-state index is 0.0224. The van der Waals surface area contributed by atoms with E-state index in [1.54, 1.807) is 0 Å². The first-order valence-corrected chi connectivity index (χ1v) is 6.34. The second-order valence-corrected chi connectivity index (χ2v) is 4.37. The van der Waals surface area contributed by atoms with E-state index >= 15 is 0 Å². The maximum Gasteiger partial charge on any atom is 0.339 e. The van der Waals surface area contributed by atoms with Crippen LogP contribution in [0.15, 0.2) is 18.2 Å². The Labute approximate surface area is 116 Å². The molecule has 0 heterocycles. The summed E-state index contributed by atoms with van der Waals surface area (Å²) in [4.78, 5) is 22.4. The van der Waals surface area contributed by atoms with E-state index in [1.807, 2.05) is 6.92 Å². The number of hydrogen-bond donors (Lipinski definition) is 2. The largest absolute Gasteiger partial charge is 0.483 e. The fourth-order valence-corrected chi connectivity index (χ4v) is 1.55. The summed E-state index contributed by atoms with van der Waals surface area (Å²) >= 11 is 5.77. The summed E-state index contributed by atoms with van der Waals surface area (Å²) in [5, 5.41) is 12.0. The molecule has 0 unspecified atom stereocenters. The topological polar surface area (TPSA) is 75.6 Å². The minimum atomic E-state index is -1.13. The van der Waals surface area contributed by atoms with Crippen molar-refractivity contribution in [1.82, 2.24) is 5.32 Å². The molecule has 0 saturated carbocycles. The van der Waals surface area contributed by atoms with Crippen LogP contribution in [-0.4, -0.2) is 30.1 Å². The molecule has 0 aliphatic carbocycles. The van der Waals surface area contributed by atoms with Crippen molar-refractivity contribution in [3.63, 3.8) is 0 Å². The monoisotopic (exact) mass is 285 g/mol. The summed E-state index contributed by atoms with van der Waals surface area (Å²) in [6.45, 7) is 2.37. The van der Waals surface area contributed by atoms with E-state index < -0.39 is 5.97 Å². The number of benzene rings is 1. The molecule has 2 N–H and O–H groups in total. The summed E-state index contributed by atoms with van der Waals surface area (Å²) in [6, 6.07) is 4.18. The molecule has 1 rings (SSSR count). The Balaban J connectivity index is 2.59. The molecule has 5 nitrogen and oxygen atoms in total. The fraction of sp³-hybridized carbons (Fsp3) is 0.385. The van der Waals surface area contributed by atoms with Gasteiger partial charge in [-0.2, -0.15) is 0 Å². The Bertz CT molecular complexity index is 462. The Morgan fingerprint density at radius 3 is 2.79 bits per heavy atom. The molecule has 6 heteroatoms. The molecular weight excluding hydrogens is 270 g/mol. The van der Waals surface area contributed by atoms with Crippen LogP contribution in [0.25, 0.3) is 0 Å². The van der Waals surface area contributed by atoms with Crippen molar-refractivity contribution < 1.29 is 19.4 Å². The smallest absolute Gasteiger partial charge is 0.339 e. The molecule has 0 aliphatic rings. The number of nitrogens with one attached hydrogen (secondary N) is 1. The Morgan fingerprint density at radius 1 is 1.42 bits per heavy atom. The van der Waals surface area contributed by atoms with Gasteiger partial charge >= 0.3 is 5.97 Å². The highest BCUT2D eigenvalue weighted by molar-refractivity contribution is 6.30. The van der Waals surface area contributed by atoms with Crippen LogP contribution in [0.1, 0.15) is 30.1 Å². The van der Waals surface area contributed by atoms with E-state index in [0.717, 1.165) is 12.8 Å². The molecule has 0 fully saturated rings. The van der Waals surface area contributed by atoms with Crippen LogP contribution in [0.2, 0.25) is 5.02 Å². The van der Waals surface area contributed by atoms with Crippen LogP contribution >= 0.6 is 11.6 Å². The highest BCUT2D eigenvalue weighted by atomic mass is 35.5. The Morgan fingerprint density at radius 2 is 2.16 bits per heavy atom. The third-order valence-corrected chi connectivity index (χ3v) is 2.62. The maximum absolute atomic E-state index is 11.4. The van der Waals surface area contributed by atoms with Gasteiger partial charge in [0.15, 0.2) is 6.61 Å². The lowest BCUT2D eigenvalue weighted by Crippen LogP contribution is -2.29. The van der Waals surface area contributed by atoms with Gasteiger partial charge in [-0.25, -0.2) is 4.79 Å². The molecule has 1 aromatic rings. The minimum Gasteiger partial charge on any atom is -0.483 e. The molecule has 0 bridgehead atoms. The standard InChI is InChI=1S/C13H16ClNO4/c1-2-3-6-15-12(16)8-19-11-7-9(14)4-5-10(11)13(17)18/h4-5,7H,2-3,6,8H2,1H3,(H,15,16)(H,17,18). The first-order valence-electron chi connectivity index (χ1n) is 5.97. The lowest BCUT2D eigenvalue weighted by molar-refractivity contribution is -0.123. The molecule has 0 aliphatic heterocycles. The highest BCUT2D eigenvalue weighted by Gasteiger charge is 2.13. The summed E-state index contributed by atoms with van der Waals surface area (Å²) in [5.74, 6) is -1.33. The molecule has 1 aromatic carbocycles. The van der Waals surface area contributed by atoms with Crippen molar-refractivity contribution in [3.05, 3.63) is 28.8 Å². The number of carboxylic acid groups (broad SMARTS) is 1. The van der Waals surface area contributed by atoms with Crippen LogP contribution in [0.4, 0.5) is 0 Å². The number of rotatable bonds is 7. The van der Waals surface area contributed by atoms with Gasteiger partial charge in [-0.1, -0.05) is 24.9 Å². The van der Waals surface area contributed by atoms with Crippen LogP contribution in [-0.2, 0) is 4.79 Å². The zero-order valence-corrected chi connectivity index (χ0v) is 11.4. The molecule has 0 saturated heterocycles. The number of ether oxygens (including phenoxy) is 1. The third-order valence-electron chi connectivity index (χ3n) is 2.39. The van der Waals surface area contributed by atoms with Gasteiger partial charge in [-0.05, 0) is 24.6 Å². The fourth-order valence-electron chi connectivity index (χ4n) is 1.39. The van der Waals surface area contributed by atoms with Gasteiger partial charge in [0.25, 0.3) is 5.91 Å². The van der Waals surface area contributed by atoms with Gasteiger partial charge < -0.3 is 15.2 Å². The van der Waals surface area contributed by atoms with Crippen LogP contribution in [0, 0.1) is 0 Å². The predicted molar refractivity (Wildman–Crippen MR) is 71.8 cm³/mol. The second-order valence-electron chi connectivity index (χ2n) is 3.94. The zero-order chi connectivity index (χ0) is 14.3. The lowest BCUT2D eigenvalue weighted by atomic mass is 10.2. The second kappa shape index (κ2) is 7.63. The Hall–Kier alpha value is -1.75. The van der Waals surface area contributed by atoms with E-state index in [4.69, 9.17) is 21.4 Å². The first-order chi connectivity index (χ1) is 9.04. The number of carbonyl (C=O) groups is 2. The molecule has 0 aromatic heterocycles. The van der Waals surface area contributed by atoms with Gasteiger partial charge in [0.2, 0.25) is 0 Å². The molecule has 1 amide bonds. The van der Waals surface area contributed by atoms with Crippen molar-refractivity contribution in [2.75, 3.05) is 13.2 Å². The molecular formula is C13H16ClNO4. The lowest BCUT2D eigenvalue weighted by Gasteiger charge is -2.09. The van der Waals surface area contributed by atoms with Crippen molar-refractivity contribution in [2.24, 2.45) is 0 Å². The zero-order valence-electron chi connectivity index (χ0n) is 10.6. The van der Waals surface area contributed by atoms with Gasteiger partial charge in [-0.15, -0.1) is 0 Å². The van der Waals surface area contributed by atoms with Crippen molar-refractivity contribution >= 4 is 23.5 Å². The third kappa shape index (κ3) is 5.18. The van der Waals surface area contributed by atoms with Crippen LogP contribution in [0.3, 0.4) is 0 Å². The van der Waals surface area contributed by atoms with E-state index in [2.05, 4.69) is 5.32 Å². The number of hydrogen-bond acceptors (Lipinski definition) is 3. The Kier molecular flexibility index (Phi) is 6.15. The summed E-state index contributed by atoms with van der Waals surface area (Å²) < 4.78 is 5.19. The number of aromatic carboxylic acids is 1.